The molecule has 0 aliphatic heterocycles. The molecule has 3 rings (SSSR count). The quantitative estimate of drug-likeness (QED) is 0.619. The zero-order valence-corrected chi connectivity index (χ0v) is 11.5. The summed E-state index contributed by atoms with van der Waals surface area (Å²) >= 11 is 0. The van der Waals surface area contributed by atoms with E-state index in [0.717, 1.165) is 5.92 Å². The van der Waals surface area contributed by atoms with Crippen LogP contribution < -0.4 is 0 Å². The van der Waals surface area contributed by atoms with Crippen molar-refractivity contribution in [3.63, 3.8) is 0 Å². The monoisotopic (exact) mass is 238 g/mol. The van der Waals surface area contributed by atoms with Gasteiger partial charge < -0.3 is 0 Å². The molecule has 2 aliphatic carbocycles. The molecular weight excluding hydrogens is 216 g/mol. The van der Waals surface area contributed by atoms with Gasteiger partial charge in [-0.05, 0) is 55.1 Å². The van der Waals surface area contributed by atoms with E-state index >= 15 is 0 Å². The number of hydrogen-bond donors (Lipinski definition) is 0. The predicted octanol–water partition coefficient (Wildman–Crippen LogP) is 5.23. The van der Waals surface area contributed by atoms with Gasteiger partial charge in [-0.15, -0.1) is 0 Å². The van der Waals surface area contributed by atoms with Crippen LogP contribution in [-0.2, 0) is 0 Å². The fraction of sp³-hybridized carbons (Fsp3) is 0.444. The highest BCUT2D eigenvalue weighted by molar-refractivity contribution is 5.72. The molecule has 0 saturated heterocycles. The first-order valence-electron chi connectivity index (χ1n) is 7.06. The molecule has 18 heavy (non-hydrogen) atoms. The van der Waals surface area contributed by atoms with Gasteiger partial charge in [-0.25, -0.2) is 0 Å². The van der Waals surface area contributed by atoms with Gasteiger partial charge in [0, 0.05) is 0 Å². The Morgan fingerprint density at radius 1 is 1.28 bits per heavy atom. The SMILES string of the molecule is C=C(C)C1(C)CC2=C(c3ccccc3)CCCC21. The molecular formula is C18H22. The third kappa shape index (κ3) is 1.59. The third-order valence-corrected chi connectivity index (χ3v) is 5.15. The summed E-state index contributed by atoms with van der Waals surface area (Å²) in [6.45, 7) is 8.82. The first-order valence-corrected chi connectivity index (χ1v) is 7.06. The predicted molar refractivity (Wildman–Crippen MR) is 78.2 cm³/mol. The number of allylic oxidation sites excluding steroid dienone is 3. The molecule has 0 spiro atoms. The molecule has 0 heteroatoms. The summed E-state index contributed by atoms with van der Waals surface area (Å²) in [5, 5.41) is 0. The molecule has 1 aromatic rings. The summed E-state index contributed by atoms with van der Waals surface area (Å²) in [7, 11) is 0. The Kier molecular flexibility index (Phi) is 2.69. The van der Waals surface area contributed by atoms with Crippen molar-refractivity contribution in [2.24, 2.45) is 11.3 Å². The van der Waals surface area contributed by atoms with Gasteiger partial charge in [0.15, 0.2) is 0 Å². The molecule has 2 aliphatic rings. The van der Waals surface area contributed by atoms with E-state index in [0.29, 0.717) is 5.41 Å². The minimum atomic E-state index is 0.371. The lowest BCUT2D eigenvalue weighted by Crippen LogP contribution is -2.42. The maximum absolute atomic E-state index is 4.22. The van der Waals surface area contributed by atoms with E-state index in [1.165, 1.54) is 36.8 Å². The van der Waals surface area contributed by atoms with Gasteiger partial charge in [-0.3, -0.25) is 0 Å². The Balaban J connectivity index is 1.99. The van der Waals surface area contributed by atoms with Gasteiger partial charge in [-0.1, -0.05) is 55.0 Å². The van der Waals surface area contributed by atoms with E-state index in [-0.39, 0.29) is 0 Å². The molecule has 0 heterocycles. The minimum absolute atomic E-state index is 0.371. The zero-order valence-electron chi connectivity index (χ0n) is 11.5. The summed E-state index contributed by atoms with van der Waals surface area (Å²) in [5.74, 6) is 0.763. The highest BCUT2D eigenvalue weighted by Crippen LogP contribution is 2.61. The molecule has 1 aromatic carbocycles. The first kappa shape index (κ1) is 11.8. The normalized spacial score (nSPS) is 30.7. The van der Waals surface area contributed by atoms with E-state index in [4.69, 9.17) is 0 Å². The van der Waals surface area contributed by atoms with Crippen LogP contribution in [0.3, 0.4) is 0 Å². The fourth-order valence-corrected chi connectivity index (χ4v) is 3.77. The second-order valence-corrected chi connectivity index (χ2v) is 6.19. The minimum Gasteiger partial charge on any atom is -0.0996 e. The number of hydrogen-bond acceptors (Lipinski definition) is 0. The van der Waals surface area contributed by atoms with Crippen LogP contribution >= 0.6 is 0 Å². The van der Waals surface area contributed by atoms with Crippen LogP contribution in [0.2, 0.25) is 0 Å². The van der Waals surface area contributed by atoms with Crippen LogP contribution in [-0.4, -0.2) is 0 Å². The average molecular weight is 238 g/mol. The van der Waals surface area contributed by atoms with E-state index in [9.17, 15) is 0 Å². The molecule has 0 bridgehead atoms. The molecule has 1 saturated carbocycles. The Hall–Kier alpha value is -1.30. The Morgan fingerprint density at radius 2 is 2.00 bits per heavy atom. The lowest BCUT2D eigenvalue weighted by atomic mass is 9.51. The van der Waals surface area contributed by atoms with E-state index < -0.39 is 0 Å². The van der Waals surface area contributed by atoms with Gasteiger partial charge in [0.2, 0.25) is 0 Å². The maximum Gasteiger partial charge on any atom is -0.00188 e. The molecule has 2 unspecified atom stereocenters. The highest BCUT2D eigenvalue weighted by Gasteiger charge is 2.49. The second kappa shape index (κ2) is 4.12. The van der Waals surface area contributed by atoms with Gasteiger partial charge in [0.1, 0.15) is 0 Å². The third-order valence-electron chi connectivity index (χ3n) is 5.15. The maximum atomic E-state index is 4.22. The smallest absolute Gasteiger partial charge is 0.00188 e. The number of rotatable bonds is 2. The van der Waals surface area contributed by atoms with Crippen molar-refractivity contribution < 1.29 is 0 Å². The molecule has 94 valence electrons. The summed E-state index contributed by atoms with van der Waals surface area (Å²) in [4.78, 5) is 0. The lowest BCUT2D eigenvalue weighted by molar-refractivity contribution is 0.159. The van der Waals surface area contributed by atoms with Crippen LogP contribution in [0.1, 0.15) is 45.1 Å². The van der Waals surface area contributed by atoms with Gasteiger partial charge in [0.05, 0.1) is 0 Å². The molecule has 0 radical (unpaired) electrons. The van der Waals surface area contributed by atoms with Gasteiger partial charge >= 0.3 is 0 Å². The van der Waals surface area contributed by atoms with E-state index in [1.807, 2.05) is 0 Å². The molecule has 2 atom stereocenters. The van der Waals surface area contributed by atoms with Crippen LogP contribution in [0.5, 0.6) is 0 Å². The average Bonchev–Trinajstić information content (AvgIpc) is 2.38. The highest BCUT2D eigenvalue weighted by atomic mass is 14.5. The van der Waals surface area contributed by atoms with Crippen molar-refractivity contribution in [2.45, 2.75) is 39.5 Å². The molecule has 0 nitrogen and oxygen atoms in total. The summed E-state index contributed by atoms with van der Waals surface area (Å²) in [5.41, 5.74) is 6.53. The molecule has 1 fully saturated rings. The van der Waals surface area contributed by atoms with Crippen molar-refractivity contribution in [1.29, 1.82) is 0 Å². The number of fused-ring (bicyclic) bond motifs is 1. The van der Waals surface area contributed by atoms with Gasteiger partial charge in [-0.2, -0.15) is 0 Å². The fourth-order valence-electron chi connectivity index (χ4n) is 3.77. The topological polar surface area (TPSA) is 0 Å². The summed E-state index contributed by atoms with van der Waals surface area (Å²) < 4.78 is 0. The summed E-state index contributed by atoms with van der Waals surface area (Å²) in [6.07, 6.45) is 5.19. The van der Waals surface area contributed by atoms with Crippen LogP contribution in [0.25, 0.3) is 5.57 Å². The standard InChI is InChI=1S/C18H22/c1-13(2)18(3)12-16-15(10-7-11-17(16)18)14-8-5-4-6-9-14/h4-6,8-9,17H,1,7,10-12H2,2-3H3. The largest absolute Gasteiger partial charge is 0.0996 e. The van der Waals surface area contributed by atoms with Crippen molar-refractivity contribution in [3.8, 4) is 0 Å². The first-order chi connectivity index (χ1) is 8.63. The van der Waals surface area contributed by atoms with Crippen molar-refractivity contribution in [1.82, 2.24) is 0 Å². The van der Waals surface area contributed by atoms with Crippen LogP contribution in [0.15, 0.2) is 48.1 Å². The lowest BCUT2D eigenvalue weighted by Gasteiger charge is -2.53. The Morgan fingerprint density at radius 3 is 2.67 bits per heavy atom. The molecule has 0 aromatic heterocycles. The molecule has 0 N–H and O–H groups in total. The van der Waals surface area contributed by atoms with Crippen molar-refractivity contribution in [3.05, 3.63) is 53.6 Å². The van der Waals surface area contributed by atoms with E-state index in [1.54, 1.807) is 11.1 Å². The van der Waals surface area contributed by atoms with Crippen LogP contribution in [0.4, 0.5) is 0 Å². The van der Waals surface area contributed by atoms with Crippen molar-refractivity contribution in [2.75, 3.05) is 0 Å². The number of benzene rings is 1. The van der Waals surface area contributed by atoms with Crippen LogP contribution in [0, 0.1) is 11.3 Å². The van der Waals surface area contributed by atoms with Crippen molar-refractivity contribution >= 4 is 5.57 Å². The molecule has 0 amide bonds. The van der Waals surface area contributed by atoms with Gasteiger partial charge in [0.25, 0.3) is 0 Å². The second-order valence-electron chi connectivity index (χ2n) is 6.19. The van der Waals surface area contributed by atoms with E-state index in [2.05, 4.69) is 50.8 Å². The Labute approximate surface area is 110 Å². The zero-order chi connectivity index (χ0) is 12.8. The summed E-state index contributed by atoms with van der Waals surface area (Å²) in [6, 6.07) is 10.9. The Bertz CT molecular complexity index is 506.